The zero-order chi connectivity index (χ0) is 9.26. The number of alkyl halides is 1. The monoisotopic (exact) mass is 205 g/mol. The van der Waals surface area contributed by atoms with Gasteiger partial charge in [-0.3, -0.25) is 4.79 Å². The van der Waals surface area contributed by atoms with E-state index in [-0.39, 0.29) is 17.6 Å². The number of hydrogen-bond donors (Lipinski definition) is 0. The van der Waals surface area contributed by atoms with Crippen molar-refractivity contribution < 1.29 is 14.3 Å². The standard InChI is InChI=1S/C8H12ClNO3/c9-6-3-7(11)10(4-6)5-8-12-1-2-13-8/h6,8H,1-5H2. The number of hydrogen-bond acceptors (Lipinski definition) is 3. The lowest BCUT2D eigenvalue weighted by Gasteiger charge is -2.18. The Morgan fingerprint density at radius 2 is 2.15 bits per heavy atom. The Kier molecular flexibility index (Phi) is 2.71. The predicted molar refractivity (Wildman–Crippen MR) is 46.5 cm³/mol. The van der Waals surface area contributed by atoms with Crippen LogP contribution in [0.2, 0.25) is 0 Å². The molecule has 74 valence electrons. The Labute approximate surface area is 81.7 Å². The van der Waals surface area contributed by atoms with Crippen LogP contribution in [0.25, 0.3) is 0 Å². The van der Waals surface area contributed by atoms with Crippen LogP contribution in [0.4, 0.5) is 0 Å². The van der Waals surface area contributed by atoms with E-state index in [1.54, 1.807) is 4.90 Å². The molecule has 0 aliphatic carbocycles. The maximum absolute atomic E-state index is 11.3. The van der Waals surface area contributed by atoms with E-state index in [4.69, 9.17) is 21.1 Å². The van der Waals surface area contributed by atoms with Crippen molar-refractivity contribution in [3.63, 3.8) is 0 Å². The van der Waals surface area contributed by atoms with Gasteiger partial charge in [0, 0.05) is 13.0 Å². The summed E-state index contributed by atoms with van der Waals surface area (Å²) in [6.45, 7) is 2.37. The zero-order valence-electron chi connectivity index (χ0n) is 7.24. The van der Waals surface area contributed by atoms with Gasteiger partial charge < -0.3 is 14.4 Å². The molecule has 0 radical (unpaired) electrons. The summed E-state index contributed by atoms with van der Waals surface area (Å²) in [6.07, 6.45) is 0.194. The minimum atomic E-state index is -0.245. The summed E-state index contributed by atoms with van der Waals surface area (Å²) < 4.78 is 10.5. The molecule has 13 heavy (non-hydrogen) atoms. The zero-order valence-corrected chi connectivity index (χ0v) is 8.00. The summed E-state index contributed by atoms with van der Waals surface area (Å²) in [5, 5.41) is -0.0473. The molecule has 0 spiro atoms. The van der Waals surface area contributed by atoms with E-state index in [0.29, 0.717) is 32.7 Å². The summed E-state index contributed by atoms with van der Waals surface area (Å²) in [7, 11) is 0. The molecule has 0 aromatic carbocycles. The summed E-state index contributed by atoms with van der Waals surface area (Å²) in [5.41, 5.74) is 0. The van der Waals surface area contributed by atoms with E-state index in [0.717, 1.165) is 0 Å². The molecule has 0 bridgehead atoms. The fraction of sp³-hybridized carbons (Fsp3) is 0.875. The first-order valence-corrected chi connectivity index (χ1v) is 4.84. The normalized spacial score (nSPS) is 30.4. The van der Waals surface area contributed by atoms with Crippen molar-refractivity contribution in [1.29, 1.82) is 0 Å². The van der Waals surface area contributed by atoms with E-state index < -0.39 is 0 Å². The fourth-order valence-electron chi connectivity index (χ4n) is 1.59. The number of rotatable bonds is 2. The summed E-state index contributed by atoms with van der Waals surface area (Å²) in [5.74, 6) is 0.0964. The molecule has 0 aromatic rings. The minimum absolute atomic E-state index is 0.0473. The van der Waals surface area contributed by atoms with E-state index in [9.17, 15) is 4.79 Å². The van der Waals surface area contributed by atoms with Crippen molar-refractivity contribution in [1.82, 2.24) is 4.90 Å². The smallest absolute Gasteiger partial charge is 0.224 e. The van der Waals surface area contributed by atoms with Crippen molar-refractivity contribution in [3.05, 3.63) is 0 Å². The van der Waals surface area contributed by atoms with Gasteiger partial charge in [0.25, 0.3) is 0 Å². The van der Waals surface area contributed by atoms with Crippen molar-refractivity contribution in [2.45, 2.75) is 18.1 Å². The average Bonchev–Trinajstić information content (AvgIpc) is 2.63. The third-order valence-electron chi connectivity index (χ3n) is 2.23. The quantitative estimate of drug-likeness (QED) is 0.605. The molecule has 4 nitrogen and oxygen atoms in total. The number of likely N-dealkylation sites (tertiary alicyclic amines) is 1. The molecule has 2 aliphatic rings. The SMILES string of the molecule is O=C1CC(Cl)CN1CC1OCCO1. The van der Waals surface area contributed by atoms with Gasteiger partial charge in [-0.1, -0.05) is 0 Å². The van der Waals surface area contributed by atoms with Gasteiger partial charge in [0.15, 0.2) is 6.29 Å². The van der Waals surface area contributed by atoms with Crippen LogP contribution in [0.5, 0.6) is 0 Å². The second-order valence-electron chi connectivity index (χ2n) is 3.27. The number of ether oxygens (including phenoxy) is 2. The third-order valence-corrected chi connectivity index (χ3v) is 2.52. The average molecular weight is 206 g/mol. The Morgan fingerprint density at radius 3 is 2.69 bits per heavy atom. The van der Waals surface area contributed by atoms with Gasteiger partial charge in [0.2, 0.25) is 5.91 Å². The minimum Gasteiger partial charge on any atom is -0.348 e. The molecular formula is C8H12ClNO3. The van der Waals surface area contributed by atoms with Gasteiger partial charge in [-0.2, -0.15) is 0 Å². The van der Waals surface area contributed by atoms with Crippen molar-refractivity contribution in [2.24, 2.45) is 0 Å². The van der Waals surface area contributed by atoms with Crippen LogP contribution in [0.3, 0.4) is 0 Å². The van der Waals surface area contributed by atoms with E-state index in [1.807, 2.05) is 0 Å². The van der Waals surface area contributed by atoms with Crippen LogP contribution >= 0.6 is 11.6 Å². The molecule has 0 aromatic heterocycles. The maximum Gasteiger partial charge on any atom is 0.224 e. The van der Waals surface area contributed by atoms with Gasteiger partial charge in [-0.25, -0.2) is 0 Å². The fourth-order valence-corrected chi connectivity index (χ4v) is 1.89. The van der Waals surface area contributed by atoms with Crippen LogP contribution in [0, 0.1) is 0 Å². The van der Waals surface area contributed by atoms with Crippen molar-refractivity contribution >= 4 is 17.5 Å². The van der Waals surface area contributed by atoms with E-state index >= 15 is 0 Å². The highest BCUT2D eigenvalue weighted by Crippen LogP contribution is 2.18. The van der Waals surface area contributed by atoms with Crippen LogP contribution < -0.4 is 0 Å². The van der Waals surface area contributed by atoms with Gasteiger partial charge in [-0.15, -0.1) is 11.6 Å². The first-order chi connectivity index (χ1) is 6.25. The van der Waals surface area contributed by atoms with Gasteiger partial charge in [0.1, 0.15) is 0 Å². The molecule has 0 N–H and O–H groups in total. The maximum atomic E-state index is 11.3. The lowest BCUT2D eigenvalue weighted by molar-refractivity contribution is -0.133. The third kappa shape index (κ3) is 2.13. The highest BCUT2D eigenvalue weighted by Gasteiger charge is 2.31. The summed E-state index contributed by atoms with van der Waals surface area (Å²) >= 11 is 5.84. The van der Waals surface area contributed by atoms with Gasteiger partial charge in [0.05, 0.1) is 25.1 Å². The summed E-state index contributed by atoms with van der Waals surface area (Å²) in [4.78, 5) is 13.0. The highest BCUT2D eigenvalue weighted by atomic mass is 35.5. The van der Waals surface area contributed by atoms with Crippen LogP contribution in [-0.4, -0.2) is 48.8 Å². The first-order valence-electron chi connectivity index (χ1n) is 4.41. The van der Waals surface area contributed by atoms with Crippen LogP contribution in [-0.2, 0) is 14.3 Å². The second kappa shape index (κ2) is 3.82. The Bertz CT molecular complexity index is 206. The summed E-state index contributed by atoms with van der Waals surface area (Å²) in [6, 6.07) is 0. The number of nitrogens with zero attached hydrogens (tertiary/aromatic N) is 1. The molecule has 2 fully saturated rings. The molecule has 1 atom stereocenters. The van der Waals surface area contributed by atoms with Crippen molar-refractivity contribution in [2.75, 3.05) is 26.3 Å². The lowest BCUT2D eigenvalue weighted by Crippen LogP contribution is -2.34. The topological polar surface area (TPSA) is 38.8 Å². The lowest BCUT2D eigenvalue weighted by atomic mass is 10.4. The Morgan fingerprint density at radius 1 is 1.46 bits per heavy atom. The predicted octanol–water partition coefficient (Wildman–Crippen LogP) is 0.199. The number of carbonyl (C=O) groups is 1. The van der Waals surface area contributed by atoms with Gasteiger partial charge in [-0.05, 0) is 0 Å². The molecule has 1 unspecified atom stereocenters. The molecule has 5 heteroatoms. The Balaban J connectivity index is 1.83. The molecule has 2 saturated heterocycles. The molecule has 2 aliphatic heterocycles. The van der Waals surface area contributed by atoms with Crippen LogP contribution in [0.1, 0.15) is 6.42 Å². The first kappa shape index (κ1) is 9.24. The molecule has 0 saturated carbocycles. The number of amides is 1. The molecule has 2 heterocycles. The van der Waals surface area contributed by atoms with Crippen LogP contribution in [0.15, 0.2) is 0 Å². The highest BCUT2D eigenvalue weighted by molar-refractivity contribution is 6.22. The molecular weight excluding hydrogens is 194 g/mol. The largest absolute Gasteiger partial charge is 0.348 e. The van der Waals surface area contributed by atoms with E-state index in [1.165, 1.54) is 0 Å². The number of carbonyl (C=O) groups excluding carboxylic acids is 1. The Hall–Kier alpha value is -0.320. The molecule has 2 rings (SSSR count). The van der Waals surface area contributed by atoms with Gasteiger partial charge >= 0.3 is 0 Å². The molecule has 1 amide bonds. The number of halogens is 1. The van der Waals surface area contributed by atoms with Crippen molar-refractivity contribution in [3.8, 4) is 0 Å². The van der Waals surface area contributed by atoms with E-state index in [2.05, 4.69) is 0 Å². The second-order valence-corrected chi connectivity index (χ2v) is 3.89.